The highest BCUT2D eigenvalue weighted by molar-refractivity contribution is 14.1. The predicted octanol–water partition coefficient (Wildman–Crippen LogP) is 5.68. The van der Waals surface area contributed by atoms with Crippen LogP contribution in [0.4, 0.5) is 0 Å². The minimum atomic E-state index is -1.33. The highest BCUT2D eigenvalue weighted by atomic mass is 127. The molecule has 0 aromatic heterocycles. The van der Waals surface area contributed by atoms with Crippen LogP contribution < -0.4 is 0 Å². The number of esters is 4. The summed E-state index contributed by atoms with van der Waals surface area (Å²) >= 11 is 1.92. The van der Waals surface area contributed by atoms with Crippen LogP contribution in [-0.4, -0.2) is 59.0 Å². The lowest BCUT2D eigenvalue weighted by Gasteiger charge is -2.43. The summed E-state index contributed by atoms with van der Waals surface area (Å²) in [7, 11) is 0. The topological polar surface area (TPSA) is 114 Å². The molecule has 1 saturated heterocycles. The van der Waals surface area contributed by atoms with E-state index >= 15 is 0 Å². The van der Waals surface area contributed by atoms with Gasteiger partial charge in [0.05, 0.1) is 22.3 Å². The first kappa shape index (κ1) is 30.9. The maximum absolute atomic E-state index is 13.3. The van der Waals surface area contributed by atoms with Crippen molar-refractivity contribution in [3.8, 4) is 0 Å². The molecule has 0 saturated carbocycles. The summed E-state index contributed by atoms with van der Waals surface area (Å²) in [4.78, 5) is 52.6. The molecular formula is C34H27IO9. The summed E-state index contributed by atoms with van der Waals surface area (Å²) in [5.74, 6) is -2.78. The number of hydrogen-bond donors (Lipinski definition) is 0. The van der Waals surface area contributed by atoms with E-state index in [2.05, 4.69) is 0 Å². The molecule has 9 nitrogen and oxygen atoms in total. The van der Waals surface area contributed by atoms with Gasteiger partial charge in [-0.3, -0.25) is 0 Å². The molecule has 5 rings (SSSR count). The quantitative estimate of drug-likeness (QED) is 0.0939. The average Bonchev–Trinajstić information content (AvgIpc) is 3.07. The molecule has 4 aromatic rings. The third-order valence-corrected chi connectivity index (χ3v) is 7.73. The second kappa shape index (κ2) is 14.8. The number of rotatable bonds is 9. The molecule has 0 aliphatic carbocycles. The number of carbonyl (C=O) groups excluding carboxylic acids is 4. The second-order valence-electron chi connectivity index (χ2n) is 9.70. The molecule has 1 aliphatic rings. The molecule has 0 bridgehead atoms. The number of alkyl halides is 1. The van der Waals surface area contributed by atoms with Gasteiger partial charge in [0.2, 0.25) is 0 Å². The minimum Gasteiger partial charge on any atom is -0.459 e. The molecule has 1 heterocycles. The first-order valence-electron chi connectivity index (χ1n) is 13.7. The van der Waals surface area contributed by atoms with E-state index in [-0.39, 0.29) is 23.3 Å². The van der Waals surface area contributed by atoms with Crippen LogP contribution in [0, 0.1) is 0 Å². The van der Waals surface area contributed by atoms with E-state index in [1.54, 1.807) is 121 Å². The SMILES string of the molecule is O=C(OC[C@H]1O[C@H](I)[C@@H](OC(=O)c2ccccc2)[C@@H](OC(=O)c2ccccc2)[C@@H]1OC(=O)c1ccccc1)c1ccccc1. The van der Waals surface area contributed by atoms with Gasteiger partial charge in [0.15, 0.2) is 18.3 Å². The van der Waals surface area contributed by atoms with Gasteiger partial charge in [-0.2, -0.15) is 0 Å². The molecule has 0 radical (unpaired) electrons. The van der Waals surface area contributed by atoms with Crippen LogP contribution in [0.1, 0.15) is 41.4 Å². The first-order chi connectivity index (χ1) is 21.4. The van der Waals surface area contributed by atoms with Crippen molar-refractivity contribution in [1.82, 2.24) is 0 Å². The van der Waals surface area contributed by atoms with E-state index in [4.69, 9.17) is 23.7 Å². The molecule has 44 heavy (non-hydrogen) atoms. The summed E-state index contributed by atoms with van der Waals surface area (Å²) in [6.45, 7) is -0.349. The molecule has 1 aliphatic heterocycles. The van der Waals surface area contributed by atoms with Crippen LogP contribution in [0.2, 0.25) is 0 Å². The van der Waals surface area contributed by atoms with Crippen LogP contribution in [0.15, 0.2) is 121 Å². The minimum absolute atomic E-state index is 0.232. The average molecular weight is 706 g/mol. The number of ether oxygens (including phenoxy) is 5. The highest BCUT2D eigenvalue weighted by Gasteiger charge is 2.52. The Morgan fingerprint density at radius 1 is 0.500 bits per heavy atom. The number of hydrogen-bond acceptors (Lipinski definition) is 9. The summed E-state index contributed by atoms with van der Waals surface area (Å²) in [6, 6.07) is 33.1. The van der Waals surface area contributed by atoms with Crippen molar-refractivity contribution >= 4 is 46.5 Å². The van der Waals surface area contributed by atoms with E-state index < -0.39 is 52.4 Å². The lowest BCUT2D eigenvalue weighted by molar-refractivity contribution is -0.203. The fourth-order valence-corrected chi connectivity index (χ4v) is 5.45. The van der Waals surface area contributed by atoms with Gasteiger partial charge >= 0.3 is 23.9 Å². The Morgan fingerprint density at radius 3 is 1.25 bits per heavy atom. The summed E-state index contributed by atoms with van der Waals surface area (Å²) < 4.78 is 28.5. The van der Waals surface area contributed by atoms with E-state index in [0.717, 1.165) is 0 Å². The molecule has 4 aromatic carbocycles. The Bertz CT molecular complexity index is 1570. The van der Waals surface area contributed by atoms with Gasteiger partial charge in [-0.15, -0.1) is 0 Å². The molecule has 0 N–H and O–H groups in total. The van der Waals surface area contributed by atoms with E-state index in [1.165, 1.54) is 0 Å². The van der Waals surface area contributed by atoms with E-state index in [9.17, 15) is 19.2 Å². The normalized spacial score (nSPS) is 21.0. The fraction of sp³-hybridized carbons (Fsp3) is 0.176. The Hall–Kier alpha value is -4.55. The number of benzene rings is 4. The molecule has 0 amide bonds. The Kier molecular flexibility index (Phi) is 10.4. The van der Waals surface area contributed by atoms with Crippen molar-refractivity contribution in [2.75, 3.05) is 6.61 Å². The van der Waals surface area contributed by atoms with Crippen molar-refractivity contribution in [1.29, 1.82) is 0 Å². The van der Waals surface area contributed by atoms with Crippen LogP contribution in [-0.2, 0) is 23.7 Å². The van der Waals surface area contributed by atoms with Gasteiger partial charge in [0.25, 0.3) is 0 Å². The predicted molar refractivity (Wildman–Crippen MR) is 166 cm³/mol. The molecule has 10 heteroatoms. The monoisotopic (exact) mass is 706 g/mol. The number of carbonyl (C=O) groups is 4. The van der Waals surface area contributed by atoms with Crippen molar-refractivity contribution < 1.29 is 42.9 Å². The Balaban J connectivity index is 1.48. The number of halogens is 1. The zero-order chi connectivity index (χ0) is 30.9. The molecule has 5 atom stereocenters. The van der Waals surface area contributed by atoms with Crippen molar-refractivity contribution in [2.45, 2.75) is 28.5 Å². The third kappa shape index (κ3) is 7.69. The van der Waals surface area contributed by atoms with Crippen molar-refractivity contribution in [2.24, 2.45) is 0 Å². The second-order valence-corrected chi connectivity index (χ2v) is 10.9. The van der Waals surface area contributed by atoms with Crippen LogP contribution in [0.5, 0.6) is 0 Å². The molecule has 0 unspecified atom stereocenters. The molecular weight excluding hydrogens is 679 g/mol. The van der Waals surface area contributed by atoms with Crippen molar-refractivity contribution in [3.05, 3.63) is 144 Å². The van der Waals surface area contributed by atoms with Gasteiger partial charge in [-0.05, 0) is 71.1 Å². The van der Waals surface area contributed by atoms with Crippen LogP contribution in [0.25, 0.3) is 0 Å². The summed E-state index contributed by atoms with van der Waals surface area (Å²) in [6.07, 6.45) is -4.96. The van der Waals surface area contributed by atoms with Crippen molar-refractivity contribution in [3.63, 3.8) is 0 Å². The smallest absolute Gasteiger partial charge is 0.338 e. The van der Waals surface area contributed by atoms with Gasteiger partial charge < -0.3 is 23.7 Å². The standard InChI is InChI=1S/C34H27IO9/c35-30-29(44-34(39)25-19-11-4-12-20-25)28(43-33(38)24-17-9-3-10-18-24)27(42-32(37)23-15-7-2-8-16-23)26(41-30)21-40-31(36)22-13-5-1-6-14-22/h1-20,26-30H,21H2/t26-,27-,28+,29+,30+/m1/s1. The summed E-state index contributed by atoms with van der Waals surface area (Å²) in [5.41, 5.74) is 1.04. The van der Waals surface area contributed by atoms with Gasteiger partial charge in [-0.1, -0.05) is 72.8 Å². The molecule has 0 spiro atoms. The molecule has 224 valence electrons. The maximum atomic E-state index is 13.3. The lowest BCUT2D eigenvalue weighted by atomic mass is 9.99. The first-order valence-corrected chi connectivity index (χ1v) is 14.9. The largest absolute Gasteiger partial charge is 0.459 e. The maximum Gasteiger partial charge on any atom is 0.338 e. The van der Waals surface area contributed by atoms with E-state index in [0.29, 0.717) is 5.56 Å². The van der Waals surface area contributed by atoms with Gasteiger partial charge in [0.1, 0.15) is 16.8 Å². The van der Waals surface area contributed by atoms with Gasteiger partial charge in [0, 0.05) is 0 Å². The Morgan fingerprint density at radius 2 is 0.841 bits per heavy atom. The van der Waals surface area contributed by atoms with Gasteiger partial charge in [-0.25, -0.2) is 19.2 Å². The van der Waals surface area contributed by atoms with Crippen LogP contribution >= 0.6 is 22.6 Å². The van der Waals surface area contributed by atoms with Crippen LogP contribution in [0.3, 0.4) is 0 Å². The molecule has 1 fully saturated rings. The summed E-state index contributed by atoms with van der Waals surface area (Å²) in [5, 5.41) is 0. The lowest BCUT2D eigenvalue weighted by Crippen LogP contribution is -2.61. The third-order valence-electron chi connectivity index (χ3n) is 6.72. The zero-order valence-electron chi connectivity index (χ0n) is 23.2. The fourth-order valence-electron chi connectivity index (χ4n) is 4.51. The van der Waals surface area contributed by atoms with E-state index in [1.807, 2.05) is 22.6 Å². The highest BCUT2D eigenvalue weighted by Crippen LogP contribution is 2.33. The Labute approximate surface area is 267 Å². The zero-order valence-corrected chi connectivity index (χ0v) is 25.4.